The number of hydrogen-bond donors (Lipinski definition) is 1. The highest BCUT2D eigenvalue weighted by atomic mass is 19.2. The summed E-state index contributed by atoms with van der Waals surface area (Å²) in [6.45, 7) is 19.3. The molecule has 1 N–H and O–H groups in total. The summed E-state index contributed by atoms with van der Waals surface area (Å²) >= 11 is 0. The summed E-state index contributed by atoms with van der Waals surface area (Å²) in [6.07, 6.45) is 5.67. The smallest absolute Gasteiger partial charge is 0.201 e. The van der Waals surface area contributed by atoms with Crippen molar-refractivity contribution >= 4 is 0 Å². The molecule has 2 aromatic rings. The van der Waals surface area contributed by atoms with Crippen LogP contribution in [-0.2, 0) is 4.74 Å². The Hall–Kier alpha value is -4.26. The first kappa shape index (κ1) is 30.8. The van der Waals surface area contributed by atoms with E-state index in [4.69, 9.17) is 4.74 Å². The summed E-state index contributed by atoms with van der Waals surface area (Å²) in [7, 11) is 1.15. The lowest BCUT2D eigenvalue weighted by Crippen LogP contribution is -2.02. The summed E-state index contributed by atoms with van der Waals surface area (Å²) < 4.78 is 66.6. The molecule has 0 aliphatic carbocycles. The van der Waals surface area contributed by atoms with Gasteiger partial charge in [-0.3, -0.25) is 0 Å². The summed E-state index contributed by atoms with van der Waals surface area (Å²) in [5, 5.41) is 9.33. The largest absolute Gasteiger partial charge is 0.508 e. The van der Waals surface area contributed by atoms with E-state index in [1.807, 2.05) is 6.08 Å². The summed E-state index contributed by atoms with van der Waals surface area (Å²) in [5.74, 6) is -5.68. The zero-order valence-electron chi connectivity index (χ0n) is 20.9. The molecule has 2 rings (SSSR count). The minimum absolute atomic E-state index is 0.00161. The minimum Gasteiger partial charge on any atom is -0.508 e. The van der Waals surface area contributed by atoms with Crippen molar-refractivity contribution in [1.29, 1.82) is 0 Å². The lowest BCUT2D eigenvalue weighted by molar-refractivity contribution is 0.281. The normalized spacial score (nSPS) is 11.1. The zero-order valence-corrected chi connectivity index (χ0v) is 20.9. The van der Waals surface area contributed by atoms with Gasteiger partial charge in [0.25, 0.3) is 0 Å². The van der Waals surface area contributed by atoms with Gasteiger partial charge in [0, 0.05) is 11.1 Å². The van der Waals surface area contributed by atoms with Crippen LogP contribution in [0.5, 0.6) is 11.5 Å². The van der Waals surface area contributed by atoms with Crippen LogP contribution in [0.4, 0.5) is 17.6 Å². The minimum atomic E-state index is -1.30. The van der Waals surface area contributed by atoms with Crippen molar-refractivity contribution in [1.82, 2.24) is 0 Å². The van der Waals surface area contributed by atoms with E-state index in [1.165, 1.54) is 48.6 Å². The van der Waals surface area contributed by atoms with Gasteiger partial charge in [0.2, 0.25) is 11.6 Å². The number of aromatic hydroxyl groups is 1. The van der Waals surface area contributed by atoms with Gasteiger partial charge in [-0.1, -0.05) is 63.6 Å². The van der Waals surface area contributed by atoms with Crippen LogP contribution in [0.15, 0.2) is 122 Å². The zero-order chi connectivity index (χ0) is 28.1. The molecule has 0 fully saturated rings. The molecule has 7 heteroatoms. The van der Waals surface area contributed by atoms with Crippen LogP contribution in [-0.4, -0.2) is 18.8 Å². The van der Waals surface area contributed by atoms with Gasteiger partial charge in [-0.25, -0.2) is 8.78 Å². The fourth-order valence-corrected chi connectivity index (χ4v) is 2.53. The van der Waals surface area contributed by atoms with Crippen molar-refractivity contribution < 1.29 is 32.1 Å². The lowest BCUT2D eigenvalue weighted by atomic mass is 10.0. The molecule has 0 unspecified atom stereocenters. The number of rotatable bonds is 11. The average molecular weight is 515 g/mol. The molecule has 196 valence electrons. The molecule has 0 bridgehead atoms. The Labute approximate surface area is 215 Å². The second-order valence-electron chi connectivity index (χ2n) is 7.52. The second kappa shape index (κ2) is 15.0. The van der Waals surface area contributed by atoms with Gasteiger partial charge in [-0.05, 0) is 47.4 Å². The maximum Gasteiger partial charge on any atom is 0.201 e. The molecule has 0 saturated heterocycles. The Kier molecular flexibility index (Phi) is 12.5. The number of phenols is 1. The first-order valence-corrected chi connectivity index (χ1v) is 11.0. The van der Waals surface area contributed by atoms with Crippen LogP contribution in [0.25, 0.3) is 11.1 Å². The number of ether oxygens (including phenoxy) is 2. The monoisotopic (exact) mass is 514 g/mol. The molecule has 37 heavy (non-hydrogen) atoms. The van der Waals surface area contributed by atoms with Gasteiger partial charge in [0.1, 0.15) is 18.1 Å². The van der Waals surface area contributed by atoms with E-state index in [-0.39, 0.29) is 34.8 Å². The predicted molar refractivity (Wildman–Crippen MR) is 141 cm³/mol. The van der Waals surface area contributed by atoms with E-state index in [2.05, 4.69) is 44.6 Å². The van der Waals surface area contributed by atoms with Crippen molar-refractivity contribution in [3.63, 3.8) is 0 Å². The molecule has 0 heterocycles. The van der Waals surface area contributed by atoms with Gasteiger partial charge in [-0.15, -0.1) is 6.58 Å². The van der Waals surface area contributed by atoms with Crippen molar-refractivity contribution in [3.8, 4) is 22.6 Å². The van der Waals surface area contributed by atoms with E-state index in [9.17, 15) is 22.7 Å². The van der Waals surface area contributed by atoms with E-state index in [0.29, 0.717) is 11.1 Å². The van der Waals surface area contributed by atoms with Crippen LogP contribution in [0.1, 0.15) is 13.3 Å². The standard InChI is InChI=1S/C26H22F4O3.C4H8/c1-15(6-7-16(2)17(3)23(27)24(28)18(4)32-5)14-33-22-13-12-21(25(29)26(22)30)19-8-10-20(31)11-9-19;1-3-4-2/h6-13,31H,1-4,14H2,5H3;3H,1,4H2,2H3/b7-6-,24-23-;. The highest BCUT2D eigenvalue weighted by Gasteiger charge is 2.17. The predicted octanol–water partition coefficient (Wildman–Crippen LogP) is 8.83. The van der Waals surface area contributed by atoms with Gasteiger partial charge in [-0.2, -0.15) is 8.78 Å². The molecule has 0 atom stereocenters. The number of allylic oxidation sites excluding steroid dienone is 6. The first-order chi connectivity index (χ1) is 17.5. The highest BCUT2D eigenvalue weighted by molar-refractivity contribution is 5.66. The molecular weight excluding hydrogens is 484 g/mol. The number of benzene rings is 2. The third-order valence-corrected chi connectivity index (χ3v) is 4.78. The third kappa shape index (κ3) is 9.04. The Morgan fingerprint density at radius 2 is 1.51 bits per heavy atom. The van der Waals surface area contributed by atoms with Crippen molar-refractivity contribution in [3.05, 3.63) is 133 Å². The SMILES string of the molecule is C=C(/C=C\C(=C)C(=C)/C(F)=C(/F)C(=C)OC)COc1ccc(-c2ccc(O)cc2)c(F)c1F.C=CCC. The molecule has 0 aliphatic heterocycles. The Morgan fingerprint density at radius 3 is 2.05 bits per heavy atom. The topological polar surface area (TPSA) is 38.7 Å². The van der Waals surface area contributed by atoms with Gasteiger partial charge >= 0.3 is 0 Å². The molecule has 0 saturated carbocycles. The maximum absolute atomic E-state index is 14.5. The van der Waals surface area contributed by atoms with Crippen LogP contribution in [0.2, 0.25) is 0 Å². The van der Waals surface area contributed by atoms with E-state index in [1.54, 1.807) is 0 Å². The molecule has 0 aromatic heterocycles. The quantitative estimate of drug-likeness (QED) is 0.141. The van der Waals surface area contributed by atoms with Crippen molar-refractivity contribution in [2.24, 2.45) is 0 Å². The summed E-state index contributed by atoms with van der Waals surface area (Å²) in [4.78, 5) is 0. The molecule has 2 aromatic carbocycles. The Bertz CT molecular complexity index is 1220. The molecule has 0 spiro atoms. The van der Waals surface area contributed by atoms with Crippen LogP contribution >= 0.6 is 0 Å². The first-order valence-electron chi connectivity index (χ1n) is 11.0. The number of methoxy groups -OCH3 is 1. The van der Waals surface area contributed by atoms with E-state index < -0.39 is 29.0 Å². The molecule has 0 radical (unpaired) electrons. The number of phenolic OH excluding ortho intramolecular Hbond substituents is 1. The Balaban J connectivity index is 0.00000159. The highest BCUT2D eigenvalue weighted by Crippen LogP contribution is 2.31. The van der Waals surface area contributed by atoms with Crippen molar-refractivity contribution in [2.75, 3.05) is 13.7 Å². The van der Waals surface area contributed by atoms with Gasteiger partial charge < -0.3 is 14.6 Å². The van der Waals surface area contributed by atoms with Gasteiger partial charge in [0.05, 0.1) is 7.11 Å². The van der Waals surface area contributed by atoms with E-state index in [0.717, 1.165) is 13.5 Å². The number of halogens is 4. The Morgan fingerprint density at radius 1 is 0.919 bits per heavy atom. The molecule has 0 aliphatic rings. The van der Waals surface area contributed by atoms with Crippen LogP contribution < -0.4 is 4.74 Å². The fraction of sp³-hybridized carbons (Fsp3) is 0.133. The number of hydrogen-bond acceptors (Lipinski definition) is 3. The lowest BCUT2D eigenvalue weighted by Gasteiger charge is -2.11. The summed E-state index contributed by atoms with van der Waals surface area (Å²) in [6, 6.07) is 8.25. The van der Waals surface area contributed by atoms with Gasteiger partial charge in [0.15, 0.2) is 17.4 Å². The van der Waals surface area contributed by atoms with E-state index >= 15 is 0 Å². The summed E-state index contributed by atoms with van der Waals surface area (Å²) in [5.41, 5.74) is 0.426. The molecule has 0 amide bonds. The molecule has 3 nitrogen and oxygen atoms in total. The fourth-order valence-electron chi connectivity index (χ4n) is 2.53. The maximum atomic E-state index is 14.5. The van der Waals surface area contributed by atoms with Crippen LogP contribution in [0.3, 0.4) is 0 Å². The molecular formula is C30H30F4O3. The third-order valence-electron chi connectivity index (χ3n) is 4.78. The average Bonchev–Trinajstić information content (AvgIpc) is 2.91. The van der Waals surface area contributed by atoms with Crippen LogP contribution in [0, 0.1) is 11.6 Å². The second-order valence-corrected chi connectivity index (χ2v) is 7.52. The van der Waals surface area contributed by atoms with Crippen molar-refractivity contribution in [2.45, 2.75) is 13.3 Å².